The van der Waals surface area contributed by atoms with Crippen molar-refractivity contribution in [1.29, 1.82) is 0 Å². The highest BCUT2D eigenvalue weighted by atomic mass is 15.3. The third-order valence-electron chi connectivity index (χ3n) is 4.43. The molecule has 27 heavy (non-hydrogen) atoms. The minimum Gasteiger partial charge on any atom is -0.339 e. The summed E-state index contributed by atoms with van der Waals surface area (Å²) in [5.41, 5.74) is 3.54. The molecule has 3 rings (SSSR count). The molecule has 0 aliphatic rings. The normalized spacial score (nSPS) is 11.3. The monoisotopic (exact) mass is 361 g/mol. The molecule has 5 nitrogen and oxygen atoms in total. The zero-order valence-electron chi connectivity index (χ0n) is 16.5. The van der Waals surface area contributed by atoms with Crippen LogP contribution in [0.25, 0.3) is 0 Å². The van der Waals surface area contributed by atoms with Crippen LogP contribution in [-0.2, 0) is 12.0 Å². The quantitative estimate of drug-likeness (QED) is 0.674. The largest absolute Gasteiger partial charge is 0.339 e. The van der Waals surface area contributed by atoms with E-state index in [1.165, 1.54) is 11.1 Å². The fourth-order valence-corrected chi connectivity index (χ4v) is 3.00. The van der Waals surface area contributed by atoms with Gasteiger partial charge in [-0.25, -0.2) is 0 Å². The van der Waals surface area contributed by atoms with Crippen LogP contribution in [0.5, 0.6) is 0 Å². The second-order valence-electron chi connectivity index (χ2n) is 7.56. The van der Waals surface area contributed by atoms with Crippen molar-refractivity contribution in [3.63, 3.8) is 0 Å². The van der Waals surface area contributed by atoms with Gasteiger partial charge in [0.15, 0.2) is 5.82 Å². The van der Waals surface area contributed by atoms with E-state index < -0.39 is 0 Å². The molecule has 0 spiro atoms. The summed E-state index contributed by atoms with van der Waals surface area (Å²) in [4.78, 5) is 6.81. The van der Waals surface area contributed by atoms with Crippen molar-refractivity contribution in [3.8, 4) is 0 Å². The highest BCUT2D eigenvalue weighted by Gasteiger charge is 2.18. The molecule has 0 radical (unpaired) electrons. The maximum atomic E-state index is 4.70. The summed E-state index contributed by atoms with van der Waals surface area (Å²) in [5.74, 6) is 1.32. The SMILES string of the molecule is CCN(Cc1ccccc1)c1nncc(Nc2ccccc2C(C)(C)C)n1. The minimum absolute atomic E-state index is 0.0373. The zero-order chi connectivity index (χ0) is 19.3. The maximum Gasteiger partial charge on any atom is 0.247 e. The van der Waals surface area contributed by atoms with Crippen molar-refractivity contribution in [2.24, 2.45) is 0 Å². The van der Waals surface area contributed by atoms with Crippen molar-refractivity contribution >= 4 is 17.5 Å². The van der Waals surface area contributed by atoms with Crippen LogP contribution in [0.15, 0.2) is 60.8 Å². The van der Waals surface area contributed by atoms with E-state index in [0.717, 1.165) is 18.8 Å². The van der Waals surface area contributed by atoms with E-state index in [0.29, 0.717) is 11.8 Å². The number of nitrogens with one attached hydrogen (secondary N) is 1. The van der Waals surface area contributed by atoms with Crippen LogP contribution in [0.1, 0.15) is 38.8 Å². The fourth-order valence-electron chi connectivity index (χ4n) is 3.00. The summed E-state index contributed by atoms with van der Waals surface area (Å²) in [6.45, 7) is 10.3. The lowest BCUT2D eigenvalue weighted by molar-refractivity contribution is 0.592. The van der Waals surface area contributed by atoms with Crippen LogP contribution >= 0.6 is 0 Å². The van der Waals surface area contributed by atoms with Gasteiger partial charge < -0.3 is 10.2 Å². The lowest BCUT2D eigenvalue weighted by Gasteiger charge is -2.24. The molecule has 0 saturated heterocycles. The van der Waals surface area contributed by atoms with Crippen molar-refractivity contribution in [2.45, 2.75) is 39.7 Å². The van der Waals surface area contributed by atoms with E-state index in [-0.39, 0.29) is 5.41 Å². The molecule has 0 aliphatic heterocycles. The molecule has 0 aliphatic carbocycles. The number of aromatic nitrogens is 3. The van der Waals surface area contributed by atoms with Gasteiger partial charge in [-0.1, -0.05) is 69.3 Å². The average molecular weight is 361 g/mol. The van der Waals surface area contributed by atoms with Crippen LogP contribution in [0.2, 0.25) is 0 Å². The third kappa shape index (κ3) is 4.82. The lowest BCUT2D eigenvalue weighted by Crippen LogP contribution is -2.25. The molecular formula is C22H27N5. The van der Waals surface area contributed by atoms with Crippen LogP contribution in [0, 0.1) is 0 Å². The summed E-state index contributed by atoms with van der Waals surface area (Å²) in [6, 6.07) is 18.6. The number of anilines is 3. The predicted molar refractivity (Wildman–Crippen MR) is 111 cm³/mol. The van der Waals surface area contributed by atoms with E-state index in [1.54, 1.807) is 6.20 Å². The molecule has 2 aromatic carbocycles. The first-order chi connectivity index (χ1) is 13.0. The number of rotatable bonds is 6. The molecule has 0 saturated carbocycles. The first-order valence-corrected chi connectivity index (χ1v) is 9.32. The first-order valence-electron chi connectivity index (χ1n) is 9.32. The minimum atomic E-state index is 0.0373. The smallest absolute Gasteiger partial charge is 0.247 e. The Bertz CT molecular complexity index is 871. The summed E-state index contributed by atoms with van der Waals surface area (Å²) < 4.78 is 0. The topological polar surface area (TPSA) is 53.9 Å². The van der Waals surface area contributed by atoms with Crippen LogP contribution in [0.3, 0.4) is 0 Å². The van der Waals surface area contributed by atoms with Gasteiger partial charge in [0.1, 0.15) is 0 Å². The Labute approximate surface area is 161 Å². The van der Waals surface area contributed by atoms with E-state index in [2.05, 4.69) is 78.4 Å². The van der Waals surface area contributed by atoms with E-state index in [9.17, 15) is 0 Å². The standard InChI is InChI=1S/C22H27N5/c1-5-27(16-17-11-7-6-8-12-17)21-25-20(15-23-26-21)24-19-14-10-9-13-18(19)22(2,3)4/h6-15H,5,16H2,1-4H3,(H,24,25,26). The van der Waals surface area contributed by atoms with E-state index >= 15 is 0 Å². The molecule has 0 atom stereocenters. The number of para-hydroxylation sites is 1. The van der Waals surface area contributed by atoms with Crippen LogP contribution < -0.4 is 10.2 Å². The van der Waals surface area contributed by atoms with Gasteiger partial charge in [-0.15, -0.1) is 5.10 Å². The molecule has 5 heteroatoms. The van der Waals surface area contributed by atoms with Crippen molar-refractivity contribution < 1.29 is 0 Å². The Balaban J connectivity index is 1.84. The summed E-state index contributed by atoms with van der Waals surface area (Å²) >= 11 is 0. The lowest BCUT2D eigenvalue weighted by atomic mass is 9.86. The molecule has 140 valence electrons. The second-order valence-corrected chi connectivity index (χ2v) is 7.56. The van der Waals surface area contributed by atoms with Crippen molar-refractivity contribution in [1.82, 2.24) is 15.2 Å². The molecule has 1 N–H and O–H groups in total. The third-order valence-corrected chi connectivity index (χ3v) is 4.43. The Hall–Kier alpha value is -2.95. The molecule has 0 fully saturated rings. The summed E-state index contributed by atoms with van der Waals surface area (Å²) in [6.07, 6.45) is 1.67. The number of hydrogen-bond donors (Lipinski definition) is 1. The summed E-state index contributed by atoms with van der Waals surface area (Å²) in [7, 11) is 0. The number of nitrogens with zero attached hydrogens (tertiary/aromatic N) is 4. The summed E-state index contributed by atoms with van der Waals surface area (Å²) in [5, 5.41) is 11.8. The molecule has 3 aromatic rings. The molecular weight excluding hydrogens is 334 g/mol. The predicted octanol–water partition coefficient (Wildman–Crippen LogP) is 4.94. The van der Waals surface area contributed by atoms with Gasteiger partial charge in [0, 0.05) is 18.8 Å². The van der Waals surface area contributed by atoms with Gasteiger partial charge in [-0.3, -0.25) is 0 Å². The van der Waals surface area contributed by atoms with Gasteiger partial charge in [0.25, 0.3) is 0 Å². The van der Waals surface area contributed by atoms with Crippen LogP contribution in [0.4, 0.5) is 17.5 Å². The molecule has 0 bridgehead atoms. The molecule has 0 unspecified atom stereocenters. The fraction of sp³-hybridized carbons (Fsp3) is 0.318. The Morgan fingerprint density at radius 3 is 2.37 bits per heavy atom. The van der Waals surface area contributed by atoms with Gasteiger partial charge in [0.05, 0.1) is 6.20 Å². The van der Waals surface area contributed by atoms with E-state index in [4.69, 9.17) is 4.98 Å². The van der Waals surface area contributed by atoms with Gasteiger partial charge in [0.2, 0.25) is 5.95 Å². The Kier molecular flexibility index (Phi) is 5.69. The van der Waals surface area contributed by atoms with Crippen molar-refractivity contribution in [2.75, 3.05) is 16.8 Å². The highest BCUT2D eigenvalue weighted by molar-refractivity contribution is 5.62. The molecule has 0 amide bonds. The van der Waals surface area contributed by atoms with Crippen LogP contribution in [-0.4, -0.2) is 21.7 Å². The van der Waals surface area contributed by atoms with Gasteiger partial charge in [-0.2, -0.15) is 10.1 Å². The first kappa shape index (κ1) is 18.8. The van der Waals surface area contributed by atoms with Gasteiger partial charge in [-0.05, 0) is 29.5 Å². The van der Waals surface area contributed by atoms with Crippen molar-refractivity contribution in [3.05, 3.63) is 71.9 Å². The molecule has 1 heterocycles. The Morgan fingerprint density at radius 1 is 0.963 bits per heavy atom. The number of hydrogen-bond acceptors (Lipinski definition) is 5. The number of benzene rings is 2. The molecule has 1 aromatic heterocycles. The van der Waals surface area contributed by atoms with E-state index in [1.807, 2.05) is 24.3 Å². The maximum absolute atomic E-state index is 4.70. The second kappa shape index (κ2) is 8.16. The Morgan fingerprint density at radius 2 is 1.67 bits per heavy atom. The average Bonchev–Trinajstić information content (AvgIpc) is 2.67. The highest BCUT2D eigenvalue weighted by Crippen LogP contribution is 2.30. The zero-order valence-corrected chi connectivity index (χ0v) is 16.5. The van der Waals surface area contributed by atoms with Gasteiger partial charge >= 0.3 is 0 Å².